The number of hydrogen-bond donors (Lipinski definition) is 0. The Labute approximate surface area is 246 Å². The zero-order chi connectivity index (χ0) is 29.5. The molecule has 1 fully saturated rings. The molecule has 222 valence electrons. The van der Waals surface area contributed by atoms with E-state index in [0.717, 1.165) is 75.1 Å². The van der Waals surface area contributed by atoms with Gasteiger partial charge in [0.25, 0.3) is 0 Å². The fourth-order valence-electron chi connectivity index (χ4n) is 6.19. The zero-order valence-corrected chi connectivity index (χ0v) is 26.9. The van der Waals surface area contributed by atoms with Crippen LogP contribution >= 0.6 is 0 Å². The van der Waals surface area contributed by atoms with Gasteiger partial charge in [0.05, 0.1) is 0 Å². The lowest BCUT2D eigenvalue weighted by Crippen LogP contribution is -2.44. The number of unbranched alkanes of at least 4 members (excludes halogenated alkanes) is 1. The van der Waals surface area contributed by atoms with E-state index in [-0.39, 0.29) is 5.41 Å². The van der Waals surface area contributed by atoms with Gasteiger partial charge in [-0.05, 0) is 71.3 Å². The largest absolute Gasteiger partial charge is 0.332 e. The summed E-state index contributed by atoms with van der Waals surface area (Å²) in [7, 11) is 1.94. The van der Waals surface area contributed by atoms with Crippen LogP contribution in [0.25, 0.3) is 0 Å². The standard InChI is InChI=1S/C36H57N3O/c1-9-12-14-15-32-18-23-38-24-19-34(31(7)28-40)39(27-33(38)26-32)35(37-8)17-22-36(11-3,20-13-10-2)21-16-30(6)25-29(4)5/h9,12,14-16,25-26,28,33H,10-11,13,17-24,27H2,1-8H3/b12-9-,15-14-,30-16-,34-31-,37-35?. The lowest BCUT2D eigenvalue weighted by atomic mass is 9.73. The molecule has 0 aromatic rings. The smallest absolute Gasteiger partial charge is 0.147 e. The van der Waals surface area contributed by atoms with Gasteiger partial charge < -0.3 is 4.90 Å². The first kappa shape index (κ1) is 33.7. The molecule has 2 aliphatic rings. The van der Waals surface area contributed by atoms with E-state index in [0.29, 0.717) is 6.04 Å². The molecule has 4 nitrogen and oxygen atoms in total. The number of rotatable bonds is 13. The van der Waals surface area contributed by atoms with Crippen molar-refractivity contribution < 1.29 is 4.79 Å². The predicted molar refractivity (Wildman–Crippen MR) is 175 cm³/mol. The van der Waals surface area contributed by atoms with Gasteiger partial charge in [-0.15, -0.1) is 0 Å². The van der Waals surface area contributed by atoms with Crippen LogP contribution in [0.2, 0.25) is 0 Å². The molecule has 2 rings (SSSR count). The van der Waals surface area contributed by atoms with E-state index in [4.69, 9.17) is 4.99 Å². The number of amidine groups is 1. The summed E-state index contributed by atoms with van der Waals surface area (Å²) < 4.78 is 0. The monoisotopic (exact) mass is 547 g/mol. The van der Waals surface area contributed by atoms with Crippen LogP contribution in [0.4, 0.5) is 0 Å². The molecule has 0 amide bonds. The van der Waals surface area contributed by atoms with E-state index >= 15 is 0 Å². The second-order valence-electron chi connectivity index (χ2n) is 12.1. The Kier molecular flexibility index (Phi) is 14.7. The number of aliphatic imine (C=N–C) groups is 1. The average Bonchev–Trinajstić information content (AvgIpc) is 3.13. The Morgan fingerprint density at radius 2 is 1.85 bits per heavy atom. The molecule has 0 aromatic heterocycles. The van der Waals surface area contributed by atoms with E-state index in [9.17, 15) is 4.79 Å². The van der Waals surface area contributed by atoms with Crippen LogP contribution in [0.5, 0.6) is 0 Å². The van der Waals surface area contributed by atoms with Crippen molar-refractivity contribution in [2.45, 2.75) is 112 Å². The Balaban J connectivity index is 2.37. The number of nitrogens with zero attached hydrogens (tertiary/aromatic N) is 3. The molecule has 0 aliphatic carbocycles. The number of carbonyl (C=O) groups excluding carboxylic acids is 1. The molecule has 0 aromatic carbocycles. The molecule has 1 saturated heterocycles. The first-order chi connectivity index (χ1) is 19.2. The third kappa shape index (κ3) is 10.2. The summed E-state index contributed by atoms with van der Waals surface area (Å²) in [6, 6.07) is 0.318. The summed E-state index contributed by atoms with van der Waals surface area (Å²) in [5.41, 5.74) is 6.37. The molecule has 2 unspecified atom stereocenters. The first-order valence-corrected chi connectivity index (χ1v) is 15.7. The minimum atomic E-state index is 0.264. The lowest BCUT2D eigenvalue weighted by Gasteiger charge is -2.37. The number of fused-ring (bicyclic) bond motifs is 1. The van der Waals surface area contributed by atoms with Gasteiger partial charge in [-0.2, -0.15) is 0 Å². The molecule has 40 heavy (non-hydrogen) atoms. The topological polar surface area (TPSA) is 35.9 Å². The van der Waals surface area contributed by atoms with Gasteiger partial charge in [-0.1, -0.05) is 86.8 Å². The van der Waals surface area contributed by atoms with Crippen LogP contribution in [0.3, 0.4) is 0 Å². The molecule has 0 N–H and O–H groups in total. The summed E-state index contributed by atoms with van der Waals surface area (Å²) in [6.07, 6.45) is 26.8. The molecule has 2 aliphatic heterocycles. The first-order valence-electron chi connectivity index (χ1n) is 15.7. The maximum absolute atomic E-state index is 12.0. The highest BCUT2D eigenvalue weighted by atomic mass is 16.1. The summed E-state index contributed by atoms with van der Waals surface area (Å²) in [4.78, 5) is 21.9. The van der Waals surface area contributed by atoms with E-state index in [2.05, 4.69) is 93.9 Å². The van der Waals surface area contributed by atoms with Crippen LogP contribution in [0.1, 0.15) is 106 Å². The molecule has 2 atom stereocenters. The minimum absolute atomic E-state index is 0.264. The molecule has 0 saturated carbocycles. The predicted octanol–water partition coefficient (Wildman–Crippen LogP) is 9.00. The lowest BCUT2D eigenvalue weighted by molar-refractivity contribution is -0.105. The van der Waals surface area contributed by atoms with Crippen molar-refractivity contribution in [1.82, 2.24) is 9.80 Å². The average molecular weight is 548 g/mol. The van der Waals surface area contributed by atoms with Gasteiger partial charge in [0.15, 0.2) is 0 Å². The Morgan fingerprint density at radius 3 is 2.48 bits per heavy atom. The second kappa shape index (κ2) is 17.4. The molecule has 0 spiro atoms. The van der Waals surface area contributed by atoms with Crippen LogP contribution in [0.15, 0.2) is 75.5 Å². The Morgan fingerprint density at radius 1 is 1.10 bits per heavy atom. The second-order valence-corrected chi connectivity index (χ2v) is 12.1. The SMILES string of the molecule is C/C=C\C=C/C1=CC2CN(C(CCC(CC)(C/C=C(/C)C=C(C)C)CCCC)=NC)/C(=C(/C)C=O)CCN2CC1. The molecule has 4 heteroatoms. The van der Waals surface area contributed by atoms with Crippen molar-refractivity contribution in [2.24, 2.45) is 10.4 Å². The fourth-order valence-corrected chi connectivity index (χ4v) is 6.19. The molecule has 0 radical (unpaired) electrons. The van der Waals surface area contributed by atoms with Crippen molar-refractivity contribution in [1.29, 1.82) is 0 Å². The van der Waals surface area contributed by atoms with Crippen molar-refractivity contribution in [3.63, 3.8) is 0 Å². The quantitative estimate of drug-likeness (QED) is 0.0759. The van der Waals surface area contributed by atoms with Crippen molar-refractivity contribution in [3.8, 4) is 0 Å². The van der Waals surface area contributed by atoms with Crippen molar-refractivity contribution in [3.05, 3.63) is 70.5 Å². The maximum atomic E-state index is 12.0. The number of aldehydes is 1. The number of allylic oxidation sites excluding steroid dienone is 9. The molecule has 2 heterocycles. The highest BCUT2D eigenvalue weighted by Gasteiger charge is 2.33. The van der Waals surface area contributed by atoms with Crippen LogP contribution in [-0.2, 0) is 4.79 Å². The van der Waals surface area contributed by atoms with E-state index in [1.54, 1.807) is 0 Å². The Hall–Kier alpha value is -2.46. The molecule has 0 bridgehead atoms. The van der Waals surface area contributed by atoms with Gasteiger partial charge in [-0.3, -0.25) is 14.7 Å². The van der Waals surface area contributed by atoms with Crippen LogP contribution in [0, 0.1) is 5.41 Å². The van der Waals surface area contributed by atoms with Crippen molar-refractivity contribution >= 4 is 12.1 Å². The highest BCUT2D eigenvalue weighted by molar-refractivity contribution is 5.86. The van der Waals surface area contributed by atoms with Gasteiger partial charge in [0.1, 0.15) is 12.1 Å². The Bertz CT molecular complexity index is 1030. The van der Waals surface area contributed by atoms with Crippen molar-refractivity contribution in [2.75, 3.05) is 26.7 Å². The van der Waals surface area contributed by atoms with Gasteiger partial charge >= 0.3 is 0 Å². The highest BCUT2D eigenvalue weighted by Crippen LogP contribution is 2.39. The normalized spacial score (nSPS) is 22.1. The van der Waals surface area contributed by atoms with Crippen LogP contribution in [-0.4, -0.2) is 54.6 Å². The van der Waals surface area contributed by atoms with Gasteiger partial charge in [-0.25, -0.2) is 0 Å². The minimum Gasteiger partial charge on any atom is -0.332 e. The fraction of sp³-hybridized carbons (Fsp3) is 0.611. The van der Waals surface area contributed by atoms with E-state index < -0.39 is 0 Å². The summed E-state index contributed by atoms with van der Waals surface area (Å²) >= 11 is 0. The third-order valence-electron chi connectivity index (χ3n) is 8.77. The molecular weight excluding hydrogens is 490 g/mol. The van der Waals surface area contributed by atoms with Gasteiger partial charge in [0.2, 0.25) is 0 Å². The molecular formula is C36H57N3O. The summed E-state index contributed by atoms with van der Waals surface area (Å²) in [5.74, 6) is 1.13. The number of hydrogen-bond acceptors (Lipinski definition) is 3. The maximum Gasteiger partial charge on any atom is 0.147 e. The van der Waals surface area contributed by atoms with E-state index in [1.807, 2.05) is 14.0 Å². The van der Waals surface area contributed by atoms with E-state index in [1.165, 1.54) is 42.4 Å². The summed E-state index contributed by atoms with van der Waals surface area (Å²) in [6.45, 7) is 18.1. The zero-order valence-electron chi connectivity index (χ0n) is 26.9. The number of carbonyl (C=O) groups is 1. The van der Waals surface area contributed by atoms with Gasteiger partial charge in [0, 0.05) is 56.8 Å². The third-order valence-corrected chi connectivity index (χ3v) is 8.77. The summed E-state index contributed by atoms with van der Waals surface area (Å²) in [5, 5.41) is 0. The van der Waals surface area contributed by atoms with Crippen LogP contribution < -0.4 is 0 Å².